The molecule has 7 nitrogen and oxygen atoms in total. The fraction of sp³-hybridized carbons (Fsp3) is 0.217. The van der Waals surface area contributed by atoms with Gasteiger partial charge in [0.15, 0.2) is 5.65 Å². The summed E-state index contributed by atoms with van der Waals surface area (Å²) in [7, 11) is 0. The molecular formula is C23H21N5O2. The number of rotatable bonds is 6. The molecule has 0 aliphatic heterocycles. The minimum absolute atomic E-state index is 0.00272. The van der Waals surface area contributed by atoms with Crippen molar-refractivity contribution in [2.24, 2.45) is 5.92 Å². The van der Waals surface area contributed by atoms with Crippen molar-refractivity contribution in [2.75, 3.05) is 5.32 Å². The molecule has 1 N–H and O–H groups in total. The van der Waals surface area contributed by atoms with E-state index in [2.05, 4.69) is 20.4 Å². The van der Waals surface area contributed by atoms with Gasteiger partial charge in [0.1, 0.15) is 12.4 Å². The fourth-order valence-electron chi connectivity index (χ4n) is 3.31. The number of anilines is 1. The van der Waals surface area contributed by atoms with Crippen LogP contribution in [0.2, 0.25) is 0 Å². The lowest BCUT2D eigenvalue weighted by Gasteiger charge is -2.08. The number of aryl methyl sites for hydroxylation is 1. The highest BCUT2D eigenvalue weighted by Gasteiger charge is 2.30. The molecule has 1 fully saturated rings. The second-order valence-corrected chi connectivity index (χ2v) is 7.47. The summed E-state index contributed by atoms with van der Waals surface area (Å²) >= 11 is 0. The van der Waals surface area contributed by atoms with Gasteiger partial charge in [0, 0.05) is 23.4 Å². The number of fused-ring (bicyclic) bond motifs is 1. The summed E-state index contributed by atoms with van der Waals surface area (Å²) in [5.41, 5.74) is 4.49. The van der Waals surface area contributed by atoms with E-state index in [0.29, 0.717) is 18.2 Å². The van der Waals surface area contributed by atoms with Gasteiger partial charge in [-0.25, -0.2) is 4.52 Å². The van der Waals surface area contributed by atoms with Gasteiger partial charge in [-0.15, -0.1) is 5.10 Å². The Morgan fingerprint density at radius 1 is 1.10 bits per heavy atom. The third kappa shape index (κ3) is 3.87. The summed E-state index contributed by atoms with van der Waals surface area (Å²) in [5.74, 6) is 1.22. The van der Waals surface area contributed by atoms with Gasteiger partial charge in [-0.05, 0) is 61.7 Å². The number of amides is 1. The Bertz CT molecular complexity index is 1210. The lowest BCUT2D eigenvalue weighted by molar-refractivity contribution is -0.117. The van der Waals surface area contributed by atoms with Gasteiger partial charge in [-0.1, -0.05) is 18.2 Å². The molecule has 7 heteroatoms. The van der Waals surface area contributed by atoms with Gasteiger partial charge in [0.25, 0.3) is 0 Å². The number of carbonyl (C=O) groups excluding carboxylic acids is 1. The molecule has 0 atom stereocenters. The molecule has 1 saturated carbocycles. The van der Waals surface area contributed by atoms with Crippen LogP contribution in [0.5, 0.6) is 5.75 Å². The maximum atomic E-state index is 12.0. The molecule has 150 valence electrons. The van der Waals surface area contributed by atoms with Crippen LogP contribution in [-0.2, 0) is 11.4 Å². The van der Waals surface area contributed by atoms with Crippen LogP contribution in [0.15, 0.2) is 60.8 Å². The van der Waals surface area contributed by atoms with E-state index in [9.17, 15) is 4.79 Å². The molecule has 0 unspecified atom stereocenters. The lowest BCUT2D eigenvalue weighted by atomic mass is 10.1. The van der Waals surface area contributed by atoms with E-state index in [1.807, 2.05) is 67.7 Å². The van der Waals surface area contributed by atoms with Crippen LogP contribution in [0.1, 0.15) is 24.2 Å². The third-order valence-electron chi connectivity index (χ3n) is 5.04. The topological polar surface area (TPSA) is 81.4 Å². The van der Waals surface area contributed by atoms with Gasteiger partial charge >= 0.3 is 0 Å². The van der Waals surface area contributed by atoms with Crippen molar-refractivity contribution < 1.29 is 9.53 Å². The predicted molar refractivity (Wildman–Crippen MR) is 113 cm³/mol. The van der Waals surface area contributed by atoms with E-state index < -0.39 is 0 Å². The molecule has 4 aromatic rings. The Labute approximate surface area is 173 Å². The van der Waals surface area contributed by atoms with Crippen molar-refractivity contribution in [3.05, 3.63) is 72.2 Å². The average Bonchev–Trinajstić information content (AvgIpc) is 3.53. The number of ether oxygens (including phenoxy) is 1. The summed E-state index contributed by atoms with van der Waals surface area (Å²) in [5, 5.41) is 7.19. The second kappa shape index (κ2) is 7.59. The number of aromatic nitrogens is 4. The first kappa shape index (κ1) is 18.3. The van der Waals surface area contributed by atoms with Crippen LogP contribution in [0.3, 0.4) is 0 Å². The minimum atomic E-state index is -0.00272. The minimum Gasteiger partial charge on any atom is -0.487 e. The number of nitrogens with zero attached hydrogens (tertiary/aromatic N) is 4. The first-order chi connectivity index (χ1) is 14.7. The molecule has 0 saturated heterocycles. The number of carbonyl (C=O) groups is 1. The van der Waals surface area contributed by atoms with E-state index in [4.69, 9.17) is 4.74 Å². The van der Waals surface area contributed by atoms with Crippen LogP contribution in [0, 0.1) is 12.8 Å². The zero-order valence-corrected chi connectivity index (χ0v) is 16.6. The Morgan fingerprint density at radius 3 is 2.70 bits per heavy atom. The van der Waals surface area contributed by atoms with Crippen molar-refractivity contribution in [1.82, 2.24) is 19.6 Å². The lowest BCUT2D eigenvalue weighted by Crippen LogP contribution is -2.14. The highest BCUT2D eigenvalue weighted by atomic mass is 16.5. The van der Waals surface area contributed by atoms with Crippen LogP contribution in [-0.4, -0.2) is 25.5 Å². The smallest absolute Gasteiger partial charge is 0.249 e. The zero-order chi connectivity index (χ0) is 20.5. The normalized spacial score (nSPS) is 13.4. The van der Waals surface area contributed by atoms with Crippen molar-refractivity contribution in [3.8, 4) is 16.9 Å². The van der Waals surface area contributed by atoms with Gasteiger partial charge in [0.2, 0.25) is 11.9 Å². The highest BCUT2D eigenvalue weighted by molar-refractivity contribution is 5.93. The van der Waals surface area contributed by atoms with E-state index in [1.54, 1.807) is 4.52 Å². The molecule has 5 rings (SSSR count). The maximum absolute atomic E-state index is 12.0. The first-order valence-electron chi connectivity index (χ1n) is 9.98. The van der Waals surface area contributed by atoms with Gasteiger partial charge < -0.3 is 4.74 Å². The number of pyridine rings is 2. The maximum Gasteiger partial charge on any atom is 0.249 e. The number of benzene rings is 1. The number of hydrogen-bond acceptors (Lipinski definition) is 5. The number of hydrogen-bond donors (Lipinski definition) is 1. The summed E-state index contributed by atoms with van der Waals surface area (Å²) in [4.78, 5) is 21.0. The molecule has 0 spiro atoms. The Kier molecular flexibility index (Phi) is 4.63. The van der Waals surface area contributed by atoms with Crippen LogP contribution in [0.25, 0.3) is 16.8 Å². The summed E-state index contributed by atoms with van der Waals surface area (Å²) < 4.78 is 7.54. The highest BCUT2D eigenvalue weighted by Crippen LogP contribution is 2.30. The average molecular weight is 399 g/mol. The largest absolute Gasteiger partial charge is 0.487 e. The molecule has 1 amide bonds. The van der Waals surface area contributed by atoms with Gasteiger partial charge in [0.05, 0.1) is 5.69 Å². The van der Waals surface area contributed by atoms with Crippen molar-refractivity contribution in [1.29, 1.82) is 0 Å². The van der Waals surface area contributed by atoms with Crippen LogP contribution in [0.4, 0.5) is 5.95 Å². The SMILES string of the molecule is Cc1cccc(COc2ccc(-c3cccn4nc(NC(=O)C5CC5)nc34)cc2)n1. The third-order valence-corrected chi connectivity index (χ3v) is 5.04. The van der Waals surface area contributed by atoms with Gasteiger partial charge in [-0.3, -0.25) is 15.1 Å². The van der Waals surface area contributed by atoms with E-state index in [-0.39, 0.29) is 11.8 Å². The number of nitrogens with one attached hydrogen (secondary N) is 1. The van der Waals surface area contributed by atoms with Crippen molar-refractivity contribution in [3.63, 3.8) is 0 Å². The Hall–Kier alpha value is -3.74. The molecule has 1 aromatic carbocycles. The quantitative estimate of drug-likeness (QED) is 0.529. The van der Waals surface area contributed by atoms with E-state index in [0.717, 1.165) is 41.1 Å². The molecule has 0 bridgehead atoms. The summed E-state index contributed by atoms with van der Waals surface area (Å²) in [6.07, 6.45) is 3.71. The first-order valence-corrected chi connectivity index (χ1v) is 9.98. The molecule has 3 heterocycles. The van der Waals surface area contributed by atoms with E-state index >= 15 is 0 Å². The van der Waals surface area contributed by atoms with Crippen LogP contribution >= 0.6 is 0 Å². The molecule has 30 heavy (non-hydrogen) atoms. The standard InChI is InChI=1S/C23H21N5O2/c1-15-4-2-5-18(24-15)14-30-19-11-9-16(10-12-19)20-6-3-13-28-21(20)25-23(27-28)26-22(29)17-7-8-17/h2-6,9-13,17H,7-8,14H2,1H3,(H,26,27,29). The monoisotopic (exact) mass is 399 g/mol. The second-order valence-electron chi connectivity index (χ2n) is 7.47. The Balaban J connectivity index is 1.34. The molecule has 1 aliphatic carbocycles. The van der Waals surface area contributed by atoms with E-state index in [1.165, 1.54) is 0 Å². The van der Waals surface area contributed by atoms with Crippen molar-refractivity contribution >= 4 is 17.5 Å². The van der Waals surface area contributed by atoms with Gasteiger partial charge in [-0.2, -0.15) is 4.98 Å². The fourth-order valence-corrected chi connectivity index (χ4v) is 3.31. The predicted octanol–water partition coefficient (Wildman–Crippen LogP) is 4.03. The molecule has 0 radical (unpaired) electrons. The molecule has 3 aromatic heterocycles. The zero-order valence-electron chi connectivity index (χ0n) is 16.6. The van der Waals surface area contributed by atoms with Crippen LogP contribution < -0.4 is 10.1 Å². The summed E-state index contributed by atoms with van der Waals surface area (Å²) in [6.45, 7) is 2.39. The van der Waals surface area contributed by atoms with Crippen molar-refractivity contribution in [2.45, 2.75) is 26.4 Å². The molecule has 1 aliphatic rings. The summed E-state index contributed by atoms with van der Waals surface area (Å²) in [6, 6.07) is 17.6. The molecular weight excluding hydrogens is 378 g/mol. The Morgan fingerprint density at radius 2 is 1.93 bits per heavy atom.